The van der Waals surface area contributed by atoms with Crippen molar-refractivity contribution in [3.8, 4) is 11.5 Å². The standard InChI is InChI=1S/C17H17Cl2NO3/c1-4-23-15-8-11(7-14(19)16(15)22-3)17(21)20-12-6-5-10(2)13(18)9-12/h5-9H,4H2,1-3H3,(H,20,21). The molecule has 2 aromatic carbocycles. The number of anilines is 1. The van der Waals surface area contributed by atoms with E-state index in [2.05, 4.69) is 5.32 Å². The van der Waals surface area contributed by atoms with E-state index in [-0.39, 0.29) is 5.91 Å². The zero-order valence-corrected chi connectivity index (χ0v) is 14.6. The van der Waals surface area contributed by atoms with E-state index in [1.165, 1.54) is 13.2 Å². The molecule has 0 fully saturated rings. The number of aryl methyl sites for hydroxylation is 1. The summed E-state index contributed by atoms with van der Waals surface area (Å²) >= 11 is 12.2. The first-order valence-electron chi connectivity index (χ1n) is 7.04. The monoisotopic (exact) mass is 353 g/mol. The maximum atomic E-state index is 12.4. The summed E-state index contributed by atoms with van der Waals surface area (Å²) in [7, 11) is 1.50. The van der Waals surface area contributed by atoms with Gasteiger partial charge in [0.05, 0.1) is 18.7 Å². The lowest BCUT2D eigenvalue weighted by Gasteiger charge is -2.13. The van der Waals surface area contributed by atoms with Crippen molar-refractivity contribution in [1.29, 1.82) is 0 Å². The predicted molar refractivity (Wildman–Crippen MR) is 93.3 cm³/mol. The van der Waals surface area contributed by atoms with E-state index >= 15 is 0 Å². The average molecular weight is 354 g/mol. The molecule has 0 aliphatic carbocycles. The van der Waals surface area contributed by atoms with Gasteiger partial charge in [-0.25, -0.2) is 0 Å². The summed E-state index contributed by atoms with van der Waals surface area (Å²) in [6, 6.07) is 8.45. The van der Waals surface area contributed by atoms with Crippen molar-refractivity contribution >= 4 is 34.8 Å². The number of nitrogens with one attached hydrogen (secondary N) is 1. The van der Waals surface area contributed by atoms with Gasteiger partial charge in [-0.1, -0.05) is 29.3 Å². The molecule has 23 heavy (non-hydrogen) atoms. The highest BCUT2D eigenvalue weighted by molar-refractivity contribution is 6.33. The molecule has 0 aliphatic heterocycles. The molecule has 4 nitrogen and oxygen atoms in total. The minimum absolute atomic E-state index is 0.310. The van der Waals surface area contributed by atoms with Gasteiger partial charge in [-0.2, -0.15) is 0 Å². The number of hydrogen-bond donors (Lipinski definition) is 1. The second-order valence-corrected chi connectivity index (χ2v) is 5.65. The third-order valence-electron chi connectivity index (χ3n) is 3.21. The number of rotatable bonds is 5. The molecule has 0 saturated heterocycles. The van der Waals surface area contributed by atoms with Crippen LogP contribution < -0.4 is 14.8 Å². The number of ether oxygens (including phenoxy) is 2. The molecule has 0 bridgehead atoms. The summed E-state index contributed by atoms with van der Waals surface area (Å²) in [5.41, 5.74) is 1.92. The van der Waals surface area contributed by atoms with Crippen LogP contribution in [0.2, 0.25) is 10.0 Å². The second kappa shape index (κ2) is 7.57. The predicted octanol–water partition coefficient (Wildman–Crippen LogP) is 4.96. The fourth-order valence-electron chi connectivity index (χ4n) is 2.03. The number of hydrogen-bond acceptors (Lipinski definition) is 3. The number of benzene rings is 2. The van der Waals surface area contributed by atoms with Crippen LogP contribution in [0.1, 0.15) is 22.8 Å². The molecule has 2 rings (SSSR count). The van der Waals surface area contributed by atoms with E-state index in [1.807, 2.05) is 19.9 Å². The smallest absolute Gasteiger partial charge is 0.255 e. The number of halogens is 2. The van der Waals surface area contributed by atoms with E-state index in [1.54, 1.807) is 18.2 Å². The van der Waals surface area contributed by atoms with Gasteiger partial charge in [0.15, 0.2) is 11.5 Å². The average Bonchev–Trinajstić information content (AvgIpc) is 2.51. The SMILES string of the molecule is CCOc1cc(C(=O)Nc2ccc(C)c(Cl)c2)cc(Cl)c1OC. The van der Waals surface area contributed by atoms with E-state index in [9.17, 15) is 4.79 Å². The molecule has 0 unspecified atom stereocenters. The molecule has 1 amide bonds. The molecule has 122 valence electrons. The molecule has 1 N–H and O–H groups in total. The van der Waals surface area contributed by atoms with Crippen LogP contribution in [0.4, 0.5) is 5.69 Å². The van der Waals surface area contributed by atoms with Crippen LogP contribution >= 0.6 is 23.2 Å². The van der Waals surface area contributed by atoms with Gasteiger partial charge >= 0.3 is 0 Å². The fourth-order valence-corrected chi connectivity index (χ4v) is 2.50. The number of amides is 1. The van der Waals surface area contributed by atoms with Crippen LogP contribution in [-0.4, -0.2) is 19.6 Å². The van der Waals surface area contributed by atoms with Crippen LogP contribution in [-0.2, 0) is 0 Å². The lowest BCUT2D eigenvalue weighted by atomic mass is 10.1. The summed E-state index contributed by atoms with van der Waals surface area (Å²) in [5.74, 6) is 0.522. The van der Waals surface area contributed by atoms with Crippen molar-refractivity contribution in [2.45, 2.75) is 13.8 Å². The van der Waals surface area contributed by atoms with Gasteiger partial charge in [-0.3, -0.25) is 4.79 Å². The molecule has 0 aromatic heterocycles. The highest BCUT2D eigenvalue weighted by atomic mass is 35.5. The van der Waals surface area contributed by atoms with Gasteiger partial charge in [0, 0.05) is 16.3 Å². The third kappa shape index (κ3) is 4.09. The van der Waals surface area contributed by atoms with Crippen LogP contribution in [0.5, 0.6) is 11.5 Å². The van der Waals surface area contributed by atoms with E-state index in [0.717, 1.165) is 5.56 Å². The third-order valence-corrected chi connectivity index (χ3v) is 3.89. The Morgan fingerprint density at radius 3 is 2.52 bits per heavy atom. The lowest BCUT2D eigenvalue weighted by Crippen LogP contribution is -2.12. The number of carbonyl (C=O) groups excluding carboxylic acids is 1. The topological polar surface area (TPSA) is 47.6 Å². The molecule has 0 radical (unpaired) electrons. The van der Waals surface area contributed by atoms with E-state index in [0.29, 0.717) is 39.4 Å². The Hall–Kier alpha value is -1.91. The molecule has 0 saturated carbocycles. The highest BCUT2D eigenvalue weighted by Gasteiger charge is 2.16. The van der Waals surface area contributed by atoms with Crippen molar-refractivity contribution in [3.63, 3.8) is 0 Å². The zero-order valence-electron chi connectivity index (χ0n) is 13.1. The molecule has 6 heteroatoms. The number of carbonyl (C=O) groups is 1. The van der Waals surface area contributed by atoms with Crippen molar-refractivity contribution < 1.29 is 14.3 Å². The van der Waals surface area contributed by atoms with Crippen molar-refractivity contribution in [2.75, 3.05) is 19.0 Å². The zero-order chi connectivity index (χ0) is 17.0. The summed E-state index contributed by atoms with van der Waals surface area (Å²) in [5, 5.41) is 3.68. The van der Waals surface area contributed by atoms with Gasteiger partial charge in [0.2, 0.25) is 0 Å². The lowest BCUT2D eigenvalue weighted by molar-refractivity contribution is 0.102. The Morgan fingerprint density at radius 1 is 1.17 bits per heavy atom. The molecule has 0 aliphatic rings. The Bertz CT molecular complexity index is 732. The second-order valence-electron chi connectivity index (χ2n) is 4.84. The Balaban J connectivity index is 2.29. The molecule has 2 aromatic rings. The maximum absolute atomic E-state index is 12.4. The largest absolute Gasteiger partial charge is 0.491 e. The number of methoxy groups -OCH3 is 1. The van der Waals surface area contributed by atoms with E-state index < -0.39 is 0 Å². The Labute approximate surface area is 145 Å². The quantitative estimate of drug-likeness (QED) is 0.825. The molecule has 0 spiro atoms. The van der Waals surface area contributed by atoms with Gasteiger partial charge in [-0.15, -0.1) is 0 Å². The van der Waals surface area contributed by atoms with Crippen LogP contribution in [0.3, 0.4) is 0 Å². The Kier molecular flexibility index (Phi) is 5.74. The van der Waals surface area contributed by atoms with Crippen molar-refractivity contribution in [3.05, 3.63) is 51.5 Å². The molecule has 0 atom stereocenters. The highest BCUT2D eigenvalue weighted by Crippen LogP contribution is 2.36. The first kappa shape index (κ1) is 17.4. The van der Waals surface area contributed by atoms with Gasteiger partial charge in [-0.05, 0) is 43.7 Å². The molecular formula is C17H17Cl2NO3. The van der Waals surface area contributed by atoms with Crippen LogP contribution in [0.25, 0.3) is 0 Å². The fraction of sp³-hybridized carbons (Fsp3) is 0.235. The minimum atomic E-state index is -0.310. The van der Waals surface area contributed by atoms with Crippen LogP contribution in [0, 0.1) is 6.92 Å². The maximum Gasteiger partial charge on any atom is 0.255 e. The van der Waals surface area contributed by atoms with E-state index in [4.69, 9.17) is 32.7 Å². The molecule has 0 heterocycles. The van der Waals surface area contributed by atoms with Gasteiger partial charge in [0.25, 0.3) is 5.91 Å². The van der Waals surface area contributed by atoms with Crippen LogP contribution in [0.15, 0.2) is 30.3 Å². The normalized spacial score (nSPS) is 10.3. The van der Waals surface area contributed by atoms with Gasteiger partial charge in [0.1, 0.15) is 0 Å². The van der Waals surface area contributed by atoms with Crippen molar-refractivity contribution in [2.24, 2.45) is 0 Å². The summed E-state index contributed by atoms with van der Waals surface area (Å²) < 4.78 is 10.7. The summed E-state index contributed by atoms with van der Waals surface area (Å²) in [4.78, 5) is 12.4. The minimum Gasteiger partial charge on any atom is -0.491 e. The molecular weight excluding hydrogens is 337 g/mol. The Morgan fingerprint density at radius 2 is 1.91 bits per heavy atom. The first-order valence-corrected chi connectivity index (χ1v) is 7.79. The summed E-state index contributed by atoms with van der Waals surface area (Å²) in [6.45, 7) is 4.17. The summed E-state index contributed by atoms with van der Waals surface area (Å²) in [6.07, 6.45) is 0. The van der Waals surface area contributed by atoms with Crippen molar-refractivity contribution in [1.82, 2.24) is 0 Å². The van der Waals surface area contributed by atoms with Gasteiger partial charge < -0.3 is 14.8 Å². The first-order chi connectivity index (χ1) is 11.0.